The third-order valence-corrected chi connectivity index (χ3v) is 3.30. The van der Waals surface area contributed by atoms with Gasteiger partial charge in [0.25, 0.3) is 0 Å². The second kappa shape index (κ2) is 6.48. The van der Waals surface area contributed by atoms with Crippen molar-refractivity contribution in [3.05, 3.63) is 15.6 Å². The van der Waals surface area contributed by atoms with E-state index >= 15 is 0 Å². The number of aromatic nitrogens is 1. The van der Waals surface area contributed by atoms with Crippen LogP contribution < -0.4 is 11.1 Å². The summed E-state index contributed by atoms with van der Waals surface area (Å²) in [5.74, 6) is 0.542. The highest BCUT2D eigenvalue weighted by molar-refractivity contribution is 7.11. The molecule has 0 aromatic carbocycles. The standard InChI is InChI=1S/C11H20N4S/c1-4-6-13-11(12)14-7-5-10-8(2)15-9(3)16-10/h4-7H2,1-3H3,(H3,12,13,14). The molecule has 1 aromatic heterocycles. The second-order valence-electron chi connectivity index (χ2n) is 3.69. The number of nitrogens with one attached hydrogen (secondary N) is 1. The molecule has 0 unspecified atom stereocenters. The van der Waals surface area contributed by atoms with E-state index in [1.54, 1.807) is 11.3 Å². The molecule has 1 aromatic rings. The van der Waals surface area contributed by atoms with E-state index in [1.807, 2.05) is 13.8 Å². The highest BCUT2D eigenvalue weighted by Crippen LogP contribution is 2.16. The van der Waals surface area contributed by atoms with Crippen LogP contribution in [0.5, 0.6) is 0 Å². The van der Waals surface area contributed by atoms with E-state index in [4.69, 9.17) is 5.73 Å². The van der Waals surface area contributed by atoms with Crippen LogP contribution >= 0.6 is 11.3 Å². The van der Waals surface area contributed by atoms with Crippen LogP contribution in [-0.2, 0) is 6.42 Å². The molecule has 5 heteroatoms. The minimum Gasteiger partial charge on any atom is -0.370 e. The fraction of sp³-hybridized carbons (Fsp3) is 0.636. The Morgan fingerprint density at radius 2 is 2.25 bits per heavy atom. The summed E-state index contributed by atoms with van der Waals surface area (Å²) in [5.41, 5.74) is 6.83. The summed E-state index contributed by atoms with van der Waals surface area (Å²) in [7, 11) is 0. The number of hydrogen-bond acceptors (Lipinski definition) is 3. The first-order valence-corrected chi connectivity index (χ1v) is 6.41. The fourth-order valence-electron chi connectivity index (χ4n) is 1.40. The van der Waals surface area contributed by atoms with Gasteiger partial charge >= 0.3 is 0 Å². The maximum Gasteiger partial charge on any atom is 0.188 e. The second-order valence-corrected chi connectivity index (χ2v) is 4.97. The summed E-state index contributed by atoms with van der Waals surface area (Å²) in [5, 5.41) is 4.23. The van der Waals surface area contributed by atoms with Crippen LogP contribution in [0.25, 0.3) is 0 Å². The summed E-state index contributed by atoms with van der Waals surface area (Å²) in [6, 6.07) is 0. The number of rotatable bonds is 5. The summed E-state index contributed by atoms with van der Waals surface area (Å²) in [6.45, 7) is 7.78. The highest BCUT2D eigenvalue weighted by atomic mass is 32.1. The maximum absolute atomic E-state index is 5.69. The number of hydrogen-bond donors (Lipinski definition) is 2. The molecular formula is C11H20N4S. The lowest BCUT2D eigenvalue weighted by Gasteiger charge is -2.04. The Morgan fingerprint density at radius 1 is 1.50 bits per heavy atom. The van der Waals surface area contributed by atoms with Crippen molar-refractivity contribution >= 4 is 17.3 Å². The van der Waals surface area contributed by atoms with Crippen molar-refractivity contribution < 1.29 is 0 Å². The Labute approximate surface area is 101 Å². The van der Waals surface area contributed by atoms with Gasteiger partial charge in [-0.15, -0.1) is 11.3 Å². The first-order chi connectivity index (χ1) is 7.63. The van der Waals surface area contributed by atoms with Gasteiger partial charge in [-0.2, -0.15) is 0 Å². The van der Waals surface area contributed by atoms with E-state index in [0.29, 0.717) is 5.96 Å². The number of nitrogens with two attached hydrogens (primary N) is 1. The smallest absolute Gasteiger partial charge is 0.188 e. The lowest BCUT2D eigenvalue weighted by Crippen LogP contribution is -2.33. The van der Waals surface area contributed by atoms with E-state index in [-0.39, 0.29) is 0 Å². The first-order valence-electron chi connectivity index (χ1n) is 5.60. The van der Waals surface area contributed by atoms with Gasteiger partial charge in [-0.05, 0) is 20.3 Å². The molecule has 1 heterocycles. The van der Waals surface area contributed by atoms with Gasteiger partial charge < -0.3 is 11.1 Å². The summed E-state index contributed by atoms with van der Waals surface area (Å²) >= 11 is 1.75. The summed E-state index contributed by atoms with van der Waals surface area (Å²) in [6.07, 6.45) is 1.98. The zero-order valence-corrected chi connectivity index (χ0v) is 11.0. The van der Waals surface area contributed by atoms with Crippen LogP contribution in [0.3, 0.4) is 0 Å². The zero-order valence-electron chi connectivity index (χ0n) is 10.2. The van der Waals surface area contributed by atoms with Crippen molar-refractivity contribution in [3.63, 3.8) is 0 Å². The van der Waals surface area contributed by atoms with E-state index in [2.05, 4.69) is 22.2 Å². The monoisotopic (exact) mass is 240 g/mol. The van der Waals surface area contributed by atoms with E-state index < -0.39 is 0 Å². The van der Waals surface area contributed by atoms with Crippen LogP contribution in [0.1, 0.15) is 28.9 Å². The molecule has 0 bridgehead atoms. The maximum atomic E-state index is 5.69. The minimum absolute atomic E-state index is 0.542. The number of nitrogens with zero attached hydrogens (tertiary/aromatic N) is 2. The SMILES string of the molecule is CCCN=C(N)NCCc1sc(C)nc1C. The van der Waals surface area contributed by atoms with Gasteiger partial charge in [-0.1, -0.05) is 6.92 Å². The average molecular weight is 240 g/mol. The molecule has 0 saturated heterocycles. The van der Waals surface area contributed by atoms with Gasteiger partial charge in [0.1, 0.15) is 0 Å². The molecular weight excluding hydrogens is 220 g/mol. The summed E-state index contributed by atoms with van der Waals surface area (Å²) in [4.78, 5) is 9.89. The Hall–Kier alpha value is -1.10. The Balaban J connectivity index is 2.33. The van der Waals surface area contributed by atoms with Crippen LogP contribution in [0, 0.1) is 13.8 Å². The molecule has 16 heavy (non-hydrogen) atoms. The molecule has 0 saturated carbocycles. The number of aryl methyl sites for hydroxylation is 2. The van der Waals surface area contributed by atoms with Crippen LogP contribution in [-0.4, -0.2) is 24.0 Å². The van der Waals surface area contributed by atoms with Crippen molar-refractivity contribution in [3.8, 4) is 0 Å². The van der Waals surface area contributed by atoms with Gasteiger partial charge in [-0.3, -0.25) is 4.99 Å². The molecule has 4 nitrogen and oxygen atoms in total. The van der Waals surface area contributed by atoms with Crippen molar-refractivity contribution in [2.45, 2.75) is 33.6 Å². The van der Waals surface area contributed by atoms with Crippen molar-refractivity contribution in [2.24, 2.45) is 10.7 Å². The Kier molecular flexibility index (Phi) is 5.25. The van der Waals surface area contributed by atoms with E-state index in [9.17, 15) is 0 Å². The van der Waals surface area contributed by atoms with Gasteiger partial charge in [-0.25, -0.2) is 4.98 Å². The molecule has 0 aliphatic rings. The number of guanidine groups is 1. The van der Waals surface area contributed by atoms with Gasteiger partial charge in [0, 0.05) is 24.4 Å². The molecule has 0 atom stereocenters. The third kappa shape index (κ3) is 4.18. The molecule has 0 radical (unpaired) electrons. The van der Waals surface area contributed by atoms with E-state index in [0.717, 1.165) is 36.6 Å². The van der Waals surface area contributed by atoms with Crippen molar-refractivity contribution in [1.29, 1.82) is 0 Å². The molecule has 3 N–H and O–H groups in total. The Morgan fingerprint density at radius 3 is 2.81 bits per heavy atom. The van der Waals surface area contributed by atoms with Crippen LogP contribution in [0.15, 0.2) is 4.99 Å². The van der Waals surface area contributed by atoms with Crippen LogP contribution in [0.2, 0.25) is 0 Å². The summed E-state index contributed by atoms with van der Waals surface area (Å²) < 4.78 is 0. The van der Waals surface area contributed by atoms with Crippen molar-refractivity contribution in [2.75, 3.05) is 13.1 Å². The molecule has 0 fully saturated rings. The topological polar surface area (TPSA) is 63.3 Å². The molecule has 0 amide bonds. The minimum atomic E-state index is 0.542. The molecule has 90 valence electrons. The molecule has 0 aliphatic carbocycles. The van der Waals surface area contributed by atoms with Gasteiger partial charge in [0.05, 0.1) is 10.7 Å². The van der Waals surface area contributed by atoms with Gasteiger partial charge in [0.15, 0.2) is 5.96 Å². The molecule has 0 spiro atoms. The fourth-order valence-corrected chi connectivity index (χ4v) is 2.33. The van der Waals surface area contributed by atoms with Crippen molar-refractivity contribution in [1.82, 2.24) is 10.3 Å². The predicted octanol–water partition coefficient (Wildman–Crippen LogP) is 1.62. The number of thiazole rings is 1. The van der Waals surface area contributed by atoms with Gasteiger partial charge in [0.2, 0.25) is 0 Å². The number of aliphatic imine (C=N–C) groups is 1. The molecule has 1 rings (SSSR count). The average Bonchev–Trinajstić information content (AvgIpc) is 2.55. The third-order valence-electron chi connectivity index (χ3n) is 2.16. The normalized spacial score (nSPS) is 11.8. The predicted molar refractivity (Wildman–Crippen MR) is 70.1 cm³/mol. The Bertz CT molecular complexity index is 357. The lowest BCUT2D eigenvalue weighted by atomic mass is 10.3. The zero-order chi connectivity index (χ0) is 12.0. The lowest BCUT2D eigenvalue weighted by molar-refractivity contribution is 0.841. The largest absolute Gasteiger partial charge is 0.370 e. The van der Waals surface area contributed by atoms with E-state index in [1.165, 1.54) is 4.88 Å². The first kappa shape index (κ1) is 13.0. The highest BCUT2D eigenvalue weighted by Gasteiger charge is 2.03. The molecule has 0 aliphatic heterocycles. The quantitative estimate of drug-likeness (QED) is 0.607. The van der Waals surface area contributed by atoms with Crippen LogP contribution in [0.4, 0.5) is 0 Å².